The summed E-state index contributed by atoms with van der Waals surface area (Å²) in [6, 6.07) is 4.88. The first kappa shape index (κ1) is 14.7. The van der Waals surface area contributed by atoms with Gasteiger partial charge in [0, 0.05) is 30.1 Å². The van der Waals surface area contributed by atoms with E-state index in [0.717, 1.165) is 30.4 Å². The van der Waals surface area contributed by atoms with E-state index < -0.39 is 0 Å². The minimum atomic E-state index is 0.283. The van der Waals surface area contributed by atoms with Crippen LogP contribution in [0.25, 0.3) is 0 Å². The molecule has 116 valence electrons. The summed E-state index contributed by atoms with van der Waals surface area (Å²) in [5.41, 5.74) is 2.47. The van der Waals surface area contributed by atoms with Crippen molar-refractivity contribution in [1.29, 1.82) is 0 Å². The molecule has 1 aliphatic carbocycles. The van der Waals surface area contributed by atoms with Gasteiger partial charge in [-0.2, -0.15) is 0 Å². The quantitative estimate of drug-likeness (QED) is 0.897. The number of ether oxygens (including phenoxy) is 2. The van der Waals surface area contributed by atoms with E-state index in [1.807, 2.05) is 0 Å². The lowest BCUT2D eigenvalue weighted by Crippen LogP contribution is -2.31. The lowest BCUT2D eigenvalue weighted by Gasteiger charge is -2.21. The van der Waals surface area contributed by atoms with Gasteiger partial charge in [-0.1, -0.05) is 12.8 Å². The molecule has 0 amide bonds. The number of hydrogen-bond donors (Lipinski definition) is 1. The average molecular weight is 289 g/mol. The Kier molecular flexibility index (Phi) is 4.39. The van der Waals surface area contributed by atoms with Crippen LogP contribution in [0, 0.1) is 5.92 Å². The maximum Gasteiger partial charge on any atom is 0.123 e. The summed E-state index contributed by atoms with van der Waals surface area (Å²) < 4.78 is 11.4. The van der Waals surface area contributed by atoms with E-state index in [1.54, 1.807) is 7.11 Å². The number of benzene rings is 1. The van der Waals surface area contributed by atoms with Crippen LogP contribution in [-0.4, -0.2) is 19.3 Å². The van der Waals surface area contributed by atoms with Gasteiger partial charge in [-0.3, -0.25) is 0 Å². The van der Waals surface area contributed by atoms with Crippen LogP contribution in [0.1, 0.15) is 50.7 Å². The fourth-order valence-corrected chi connectivity index (χ4v) is 3.70. The zero-order valence-corrected chi connectivity index (χ0v) is 13.4. The van der Waals surface area contributed by atoms with Crippen molar-refractivity contribution in [1.82, 2.24) is 5.32 Å². The number of methoxy groups -OCH3 is 1. The minimum absolute atomic E-state index is 0.283. The van der Waals surface area contributed by atoms with Crippen LogP contribution in [0.4, 0.5) is 0 Å². The summed E-state index contributed by atoms with van der Waals surface area (Å²) in [4.78, 5) is 0. The Morgan fingerprint density at radius 1 is 1.33 bits per heavy atom. The zero-order valence-electron chi connectivity index (χ0n) is 13.4. The van der Waals surface area contributed by atoms with Crippen LogP contribution >= 0.6 is 0 Å². The van der Waals surface area contributed by atoms with Gasteiger partial charge in [-0.05, 0) is 44.7 Å². The van der Waals surface area contributed by atoms with Crippen molar-refractivity contribution in [2.75, 3.05) is 7.11 Å². The number of fused-ring (bicyclic) bond motifs is 1. The molecule has 0 bridgehead atoms. The smallest absolute Gasteiger partial charge is 0.123 e. The number of nitrogens with one attached hydrogen (secondary N) is 1. The number of rotatable bonds is 5. The summed E-state index contributed by atoms with van der Waals surface area (Å²) in [6.45, 7) is 5.28. The van der Waals surface area contributed by atoms with Crippen LogP contribution in [-0.2, 0) is 13.0 Å². The van der Waals surface area contributed by atoms with Gasteiger partial charge in [0.1, 0.15) is 17.6 Å². The molecule has 0 saturated heterocycles. The van der Waals surface area contributed by atoms with Crippen molar-refractivity contribution in [3.8, 4) is 11.5 Å². The molecule has 1 heterocycles. The maximum absolute atomic E-state index is 5.87. The highest BCUT2D eigenvalue weighted by atomic mass is 16.5. The largest absolute Gasteiger partial charge is 0.496 e. The molecule has 0 spiro atoms. The molecule has 1 saturated carbocycles. The summed E-state index contributed by atoms with van der Waals surface area (Å²) >= 11 is 0. The van der Waals surface area contributed by atoms with Crippen LogP contribution < -0.4 is 14.8 Å². The molecule has 0 radical (unpaired) electrons. The summed E-state index contributed by atoms with van der Waals surface area (Å²) in [6.07, 6.45) is 6.80. The van der Waals surface area contributed by atoms with E-state index in [1.165, 1.54) is 36.8 Å². The lowest BCUT2D eigenvalue weighted by molar-refractivity contribution is 0.254. The molecule has 1 unspecified atom stereocenters. The highest BCUT2D eigenvalue weighted by Crippen LogP contribution is 2.35. The Morgan fingerprint density at radius 2 is 2.10 bits per heavy atom. The average Bonchev–Trinajstić information content (AvgIpc) is 3.11. The molecule has 1 fully saturated rings. The molecular weight excluding hydrogens is 262 g/mol. The molecule has 1 aromatic carbocycles. The summed E-state index contributed by atoms with van der Waals surface area (Å²) in [5, 5.41) is 3.68. The third-order valence-electron chi connectivity index (χ3n) is 5.02. The molecule has 1 aliphatic heterocycles. The van der Waals surface area contributed by atoms with Crippen molar-refractivity contribution in [3.63, 3.8) is 0 Å². The molecule has 2 aliphatic rings. The SMILES string of the molecule is COc1cc2c(cc1CN[C@H](C)C1CCCC1)OC(C)C2. The Bertz CT molecular complexity index is 494. The Balaban J connectivity index is 1.68. The third-order valence-corrected chi connectivity index (χ3v) is 5.02. The first-order chi connectivity index (χ1) is 10.2. The van der Waals surface area contributed by atoms with Gasteiger partial charge in [0.2, 0.25) is 0 Å². The van der Waals surface area contributed by atoms with E-state index in [0.29, 0.717) is 6.04 Å². The minimum Gasteiger partial charge on any atom is -0.496 e. The van der Waals surface area contributed by atoms with E-state index in [4.69, 9.17) is 9.47 Å². The summed E-state index contributed by atoms with van der Waals surface area (Å²) in [5.74, 6) is 2.85. The first-order valence-corrected chi connectivity index (χ1v) is 8.27. The van der Waals surface area contributed by atoms with Gasteiger partial charge in [-0.15, -0.1) is 0 Å². The first-order valence-electron chi connectivity index (χ1n) is 8.27. The third kappa shape index (κ3) is 3.18. The van der Waals surface area contributed by atoms with Gasteiger partial charge >= 0.3 is 0 Å². The van der Waals surface area contributed by atoms with Crippen molar-refractivity contribution in [2.24, 2.45) is 5.92 Å². The molecule has 3 heteroatoms. The van der Waals surface area contributed by atoms with Gasteiger partial charge < -0.3 is 14.8 Å². The monoisotopic (exact) mass is 289 g/mol. The fraction of sp³-hybridized carbons (Fsp3) is 0.667. The van der Waals surface area contributed by atoms with Crippen molar-refractivity contribution >= 4 is 0 Å². The van der Waals surface area contributed by atoms with Crippen LogP contribution in [0.2, 0.25) is 0 Å². The van der Waals surface area contributed by atoms with Crippen LogP contribution in [0.3, 0.4) is 0 Å². The lowest BCUT2D eigenvalue weighted by atomic mass is 9.99. The molecule has 1 N–H and O–H groups in total. The summed E-state index contributed by atoms with van der Waals surface area (Å²) in [7, 11) is 1.75. The fourth-order valence-electron chi connectivity index (χ4n) is 3.70. The van der Waals surface area contributed by atoms with Gasteiger partial charge in [-0.25, -0.2) is 0 Å². The Labute approximate surface area is 128 Å². The predicted octanol–water partition coefficient (Wildman–Crippen LogP) is 3.69. The van der Waals surface area contributed by atoms with E-state index in [2.05, 4.69) is 31.3 Å². The second-order valence-corrected chi connectivity index (χ2v) is 6.62. The van der Waals surface area contributed by atoms with Gasteiger partial charge in [0.05, 0.1) is 7.11 Å². The van der Waals surface area contributed by atoms with Gasteiger partial charge in [0.15, 0.2) is 0 Å². The Morgan fingerprint density at radius 3 is 2.81 bits per heavy atom. The molecule has 21 heavy (non-hydrogen) atoms. The second-order valence-electron chi connectivity index (χ2n) is 6.62. The Hall–Kier alpha value is -1.22. The zero-order chi connectivity index (χ0) is 14.8. The topological polar surface area (TPSA) is 30.5 Å². The van der Waals surface area contributed by atoms with E-state index >= 15 is 0 Å². The maximum atomic E-state index is 5.87. The normalized spacial score (nSPS) is 22.9. The van der Waals surface area contributed by atoms with Crippen LogP contribution in [0.5, 0.6) is 11.5 Å². The molecule has 2 atom stereocenters. The highest BCUT2D eigenvalue weighted by Gasteiger charge is 2.23. The molecule has 3 rings (SSSR count). The molecule has 3 nitrogen and oxygen atoms in total. The highest BCUT2D eigenvalue weighted by molar-refractivity contribution is 5.48. The second kappa shape index (κ2) is 6.27. The standard InChI is InChI=1S/C18H27NO2/c1-12-8-15-9-17(20-3)16(10-18(15)21-12)11-19-13(2)14-6-4-5-7-14/h9-10,12-14,19H,4-8,11H2,1-3H3/t12?,13-/m1/s1. The molecule has 0 aromatic heterocycles. The van der Waals surface area contributed by atoms with Crippen molar-refractivity contribution < 1.29 is 9.47 Å². The molecular formula is C18H27NO2. The van der Waals surface area contributed by atoms with Crippen LogP contribution in [0.15, 0.2) is 12.1 Å². The predicted molar refractivity (Wildman–Crippen MR) is 85.0 cm³/mol. The van der Waals surface area contributed by atoms with Crippen molar-refractivity contribution in [3.05, 3.63) is 23.3 Å². The van der Waals surface area contributed by atoms with Gasteiger partial charge in [0.25, 0.3) is 0 Å². The van der Waals surface area contributed by atoms with E-state index in [-0.39, 0.29) is 6.10 Å². The van der Waals surface area contributed by atoms with E-state index in [9.17, 15) is 0 Å². The number of hydrogen-bond acceptors (Lipinski definition) is 3. The molecule has 1 aromatic rings. The van der Waals surface area contributed by atoms with Crippen molar-refractivity contribution in [2.45, 2.75) is 64.6 Å².